The van der Waals surface area contributed by atoms with Gasteiger partial charge in [-0.25, -0.2) is 24.9 Å². The highest BCUT2D eigenvalue weighted by Crippen LogP contribution is 2.50. The number of imidazole rings is 1. The van der Waals surface area contributed by atoms with Crippen LogP contribution in [0.25, 0.3) is 33.8 Å². The number of hydrogen-bond donors (Lipinski definition) is 0. The highest BCUT2D eigenvalue weighted by molar-refractivity contribution is 7.79. The molecule has 0 radical (unpaired) electrons. The van der Waals surface area contributed by atoms with Gasteiger partial charge in [0.1, 0.15) is 34.7 Å². The zero-order valence-electron chi connectivity index (χ0n) is 20.7. The van der Waals surface area contributed by atoms with Crippen LogP contribution in [0.1, 0.15) is 31.2 Å². The molecule has 0 saturated carbocycles. The van der Waals surface area contributed by atoms with Crippen LogP contribution < -0.4 is 4.90 Å². The summed E-state index contributed by atoms with van der Waals surface area (Å²) in [6, 6.07) is 5.79. The average molecular weight is 518 g/mol. The van der Waals surface area contributed by atoms with Crippen LogP contribution in [0.4, 0.5) is 5.69 Å². The molecule has 1 saturated heterocycles. The number of anilines is 1. The largest absolute Gasteiger partial charge is 0.771 e. The topological polar surface area (TPSA) is 133 Å². The van der Waals surface area contributed by atoms with Gasteiger partial charge in [-0.05, 0) is 49.9 Å². The Labute approximate surface area is 215 Å². The standard InChI is InChI=1S/C25H26N8O3S/c1-4-33-22(17-11-26-15(2)27-12-17)30-21-20(28-13-29-23(21)33)16-6-7-19-18(10-16)25(24(34)31(19)3)8-5-9-32(25)14-37(35)36/h6-7,10-13H,4-5,8-9,14H2,1-3H3,(H,35,36)/p-1/t25-/m1/s1. The number of aryl methyl sites for hydroxylation is 2. The molecule has 5 heterocycles. The Morgan fingerprint density at radius 3 is 2.65 bits per heavy atom. The summed E-state index contributed by atoms with van der Waals surface area (Å²) < 4.78 is 25.3. The van der Waals surface area contributed by atoms with Crippen molar-refractivity contribution >= 4 is 33.8 Å². The predicted octanol–water partition coefficient (Wildman–Crippen LogP) is 2.38. The van der Waals surface area contributed by atoms with Crippen LogP contribution in [0.2, 0.25) is 0 Å². The molecule has 1 fully saturated rings. The molecule has 190 valence electrons. The number of hydrogen-bond acceptors (Lipinski definition) is 9. The molecule has 6 rings (SSSR count). The SMILES string of the molecule is CCn1c(-c2cnc(C)nc2)nc2c(-c3ccc4c(c3)[C@]3(CCCN3CS(=O)[O-])C(=O)N4C)ncnc21. The normalized spacial score (nSPS) is 20.3. The Hall–Kier alpha value is -3.61. The van der Waals surface area contributed by atoms with Crippen LogP contribution in [-0.2, 0) is 28.0 Å². The maximum atomic E-state index is 13.5. The van der Waals surface area contributed by atoms with Crippen molar-refractivity contribution in [2.75, 3.05) is 24.4 Å². The number of benzene rings is 1. The van der Waals surface area contributed by atoms with E-state index in [1.165, 1.54) is 6.33 Å². The van der Waals surface area contributed by atoms with Gasteiger partial charge >= 0.3 is 0 Å². The zero-order chi connectivity index (χ0) is 25.9. The van der Waals surface area contributed by atoms with Crippen LogP contribution in [-0.4, -0.2) is 68.5 Å². The molecular weight excluding hydrogens is 492 g/mol. The number of amides is 1. The van der Waals surface area contributed by atoms with Crippen molar-refractivity contribution in [3.8, 4) is 22.6 Å². The molecule has 4 aromatic rings. The van der Waals surface area contributed by atoms with E-state index >= 15 is 0 Å². The first-order valence-corrected chi connectivity index (χ1v) is 13.3. The molecule has 11 nitrogen and oxygen atoms in total. The van der Waals surface area contributed by atoms with Gasteiger partial charge in [0.15, 0.2) is 5.65 Å². The molecule has 1 spiro atoms. The number of carbonyl (C=O) groups is 1. The van der Waals surface area contributed by atoms with E-state index in [-0.39, 0.29) is 11.8 Å². The summed E-state index contributed by atoms with van der Waals surface area (Å²) in [6.45, 7) is 5.04. The lowest BCUT2D eigenvalue weighted by Crippen LogP contribution is -2.49. The van der Waals surface area contributed by atoms with E-state index in [1.807, 2.05) is 36.6 Å². The zero-order valence-corrected chi connectivity index (χ0v) is 21.5. The molecule has 1 unspecified atom stereocenters. The molecule has 0 N–H and O–H groups in total. The minimum absolute atomic E-state index is 0.104. The summed E-state index contributed by atoms with van der Waals surface area (Å²) in [6.07, 6.45) is 6.31. The summed E-state index contributed by atoms with van der Waals surface area (Å²) in [5.74, 6) is 1.08. The summed E-state index contributed by atoms with van der Waals surface area (Å²) >= 11 is -2.30. The number of fused-ring (bicyclic) bond motifs is 3. The highest BCUT2D eigenvalue weighted by Gasteiger charge is 2.55. The molecule has 2 aliphatic rings. The minimum atomic E-state index is -2.30. The number of carbonyl (C=O) groups excluding carboxylic acids is 1. The molecule has 1 amide bonds. The fraction of sp³-hybridized carbons (Fsp3) is 0.360. The third kappa shape index (κ3) is 3.50. The minimum Gasteiger partial charge on any atom is -0.771 e. The lowest BCUT2D eigenvalue weighted by Gasteiger charge is -2.34. The van der Waals surface area contributed by atoms with Gasteiger partial charge in [0.05, 0.1) is 11.4 Å². The molecular formula is C25H25N8O3S-. The number of likely N-dealkylation sites (N-methyl/N-ethyl adjacent to an activating group) is 1. The Balaban J connectivity index is 1.53. The monoisotopic (exact) mass is 517 g/mol. The predicted molar refractivity (Wildman–Crippen MR) is 137 cm³/mol. The van der Waals surface area contributed by atoms with Crippen molar-refractivity contribution in [3.63, 3.8) is 0 Å². The molecule has 3 aromatic heterocycles. The van der Waals surface area contributed by atoms with Gasteiger partial charge < -0.3 is 14.0 Å². The van der Waals surface area contributed by atoms with Gasteiger partial charge in [0, 0.05) is 49.3 Å². The number of likely N-dealkylation sites (tertiary alicyclic amines) is 1. The van der Waals surface area contributed by atoms with Gasteiger partial charge in [-0.1, -0.05) is 6.07 Å². The first-order valence-electron chi connectivity index (χ1n) is 12.1. The van der Waals surface area contributed by atoms with Crippen LogP contribution in [0.15, 0.2) is 36.9 Å². The molecule has 0 aliphatic carbocycles. The van der Waals surface area contributed by atoms with Crippen molar-refractivity contribution in [1.29, 1.82) is 0 Å². The van der Waals surface area contributed by atoms with Gasteiger partial charge in [0.2, 0.25) is 0 Å². The second-order valence-electron chi connectivity index (χ2n) is 9.35. The quantitative estimate of drug-likeness (QED) is 0.366. The number of rotatable bonds is 5. The van der Waals surface area contributed by atoms with Gasteiger partial charge in [-0.15, -0.1) is 0 Å². The summed E-state index contributed by atoms with van der Waals surface area (Å²) in [5, 5.41) is 0. The van der Waals surface area contributed by atoms with Gasteiger partial charge in [-0.2, -0.15) is 0 Å². The smallest absolute Gasteiger partial charge is 0.251 e. The summed E-state index contributed by atoms with van der Waals surface area (Å²) in [4.78, 5) is 39.6. The van der Waals surface area contributed by atoms with Gasteiger partial charge in [0.25, 0.3) is 5.91 Å². The molecule has 2 atom stereocenters. The fourth-order valence-electron chi connectivity index (χ4n) is 5.71. The second-order valence-corrected chi connectivity index (χ2v) is 10.2. The summed E-state index contributed by atoms with van der Waals surface area (Å²) in [5.41, 5.74) is 4.11. The van der Waals surface area contributed by atoms with Crippen molar-refractivity contribution in [2.24, 2.45) is 0 Å². The molecule has 2 aliphatic heterocycles. The maximum Gasteiger partial charge on any atom is 0.251 e. The lowest BCUT2D eigenvalue weighted by molar-refractivity contribution is -0.127. The fourth-order valence-corrected chi connectivity index (χ4v) is 6.31. The molecule has 0 bridgehead atoms. The Bertz CT molecular complexity index is 1570. The number of nitrogens with zero attached hydrogens (tertiary/aromatic N) is 8. The first-order chi connectivity index (χ1) is 17.8. The Morgan fingerprint density at radius 2 is 1.92 bits per heavy atom. The summed E-state index contributed by atoms with van der Waals surface area (Å²) in [7, 11) is 1.74. The van der Waals surface area contributed by atoms with E-state index in [2.05, 4.69) is 19.9 Å². The third-order valence-electron chi connectivity index (χ3n) is 7.39. The lowest BCUT2D eigenvalue weighted by atomic mass is 9.87. The third-order valence-corrected chi connectivity index (χ3v) is 7.91. The van der Waals surface area contributed by atoms with Crippen molar-refractivity contribution in [1.82, 2.24) is 34.4 Å². The molecule has 37 heavy (non-hydrogen) atoms. The van der Waals surface area contributed by atoms with E-state index in [9.17, 15) is 13.6 Å². The maximum absolute atomic E-state index is 13.5. The second kappa shape index (κ2) is 8.75. The Morgan fingerprint density at radius 1 is 1.14 bits per heavy atom. The van der Waals surface area contributed by atoms with Crippen LogP contribution in [0.3, 0.4) is 0 Å². The first kappa shape index (κ1) is 23.8. The van der Waals surface area contributed by atoms with E-state index in [4.69, 9.17) is 4.98 Å². The van der Waals surface area contributed by atoms with E-state index in [0.29, 0.717) is 48.0 Å². The van der Waals surface area contributed by atoms with E-state index < -0.39 is 16.6 Å². The van der Waals surface area contributed by atoms with Crippen molar-refractivity contribution in [2.45, 2.75) is 38.8 Å². The molecule has 12 heteroatoms. The van der Waals surface area contributed by atoms with Crippen LogP contribution in [0, 0.1) is 6.92 Å². The van der Waals surface area contributed by atoms with Crippen molar-refractivity contribution in [3.05, 3.63) is 48.3 Å². The van der Waals surface area contributed by atoms with Crippen molar-refractivity contribution < 1.29 is 13.6 Å². The van der Waals surface area contributed by atoms with E-state index in [0.717, 1.165) is 28.8 Å². The van der Waals surface area contributed by atoms with Crippen LogP contribution >= 0.6 is 0 Å². The van der Waals surface area contributed by atoms with Crippen LogP contribution in [0.5, 0.6) is 0 Å². The molecule has 1 aromatic carbocycles. The highest BCUT2D eigenvalue weighted by atomic mass is 32.2. The number of aromatic nitrogens is 6. The Kier molecular flexibility index (Phi) is 5.62. The van der Waals surface area contributed by atoms with Gasteiger partial charge in [-0.3, -0.25) is 13.9 Å². The van der Waals surface area contributed by atoms with E-state index in [1.54, 1.807) is 29.2 Å². The average Bonchev–Trinajstić information content (AvgIpc) is 3.54.